The molecule has 0 bridgehead atoms. The molecule has 1 N–H and O–H groups in total. The number of ether oxygens (including phenoxy) is 1. The Morgan fingerprint density at radius 2 is 2.25 bits per heavy atom. The minimum atomic E-state index is -0.926. The Hall–Kier alpha value is -2.58. The number of nitrogens with zero attached hydrogens (tertiary/aromatic N) is 2. The van der Waals surface area contributed by atoms with E-state index in [0.29, 0.717) is 11.3 Å². The van der Waals surface area contributed by atoms with Gasteiger partial charge in [-0.2, -0.15) is 5.26 Å². The summed E-state index contributed by atoms with van der Waals surface area (Å²) in [6.07, 6.45) is 1.32. The summed E-state index contributed by atoms with van der Waals surface area (Å²) in [5, 5.41) is 17.7. The first-order valence-electron chi connectivity index (χ1n) is 5.63. The summed E-state index contributed by atoms with van der Waals surface area (Å²) in [6.45, 7) is 0. The molecular formula is C14H9ClN2O3. The molecule has 0 saturated carbocycles. The summed E-state index contributed by atoms with van der Waals surface area (Å²) in [5.74, 6) is -0.406. The highest BCUT2D eigenvalue weighted by molar-refractivity contribution is 6.33. The van der Waals surface area contributed by atoms with E-state index in [0.717, 1.165) is 0 Å². The molecule has 0 aliphatic heterocycles. The van der Waals surface area contributed by atoms with Gasteiger partial charge in [0.15, 0.2) is 0 Å². The number of rotatable bonds is 4. The van der Waals surface area contributed by atoms with Gasteiger partial charge in [-0.05, 0) is 23.8 Å². The summed E-state index contributed by atoms with van der Waals surface area (Å²) in [5.41, 5.74) is 0.862. The van der Waals surface area contributed by atoms with Crippen molar-refractivity contribution >= 4 is 17.6 Å². The van der Waals surface area contributed by atoms with Crippen molar-refractivity contribution in [2.45, 2.75) is 6.42 Å². The molecule has 0 fully saturated rings. The molecule has 0 radical (unpaired) electrons. The maximum absolute atomic E-state index is 10.7. The van der Waals surface area contributed by atoms with Gasteiger partial charge in [0, 0.05) is 6.20 Å². The molecule has 5 nitrogen and oxygen atoms in total. The average Bonchev–Trinajstić information content (AvgIpc) is 2.41. The molecule has 1 aromatic heterocycles. The van der Waals surface area contributed by atoms with Gasteiger partial charge >= 0.3 is 5.97 Å². The summed E-state index contributed by atoms with van der Waals surface area (Å²) in [6, 6.07) is 10.0. The summed E-state index contributed by atoms with van der Waals surface area (Å²) in [7, 11) is 0. The van der Waals surface area contributed by atoms with Crippen LogP contribution in [0.15, 0.2) is 36.5 Å². The van der Waals surface area contributed by atoms with Crippen LogP contribution in [0.1, 0.15) is 11.1 Å². The van der Waals surface area contributed by atoms with E-state index >= 15 is 0 Å². The van der Waals surface area contributed by atoms with Crippen LogP contribution in [-0.4, -0.2) is 16.1 Å². The Morgan fingerprint density at radius 3 is 2.95 bits per heavy atom. The smallest absolute Gasteiger partial charge is 0.307 e. The Kier molecular flexibility index (Phi) is 4.18. The minimum Gasteiger partial charge on any atom is -0.481 e. The van der Waals surface area contributed by atoms with Crippen molar-refractivity contribution < 1.29 is 14.6 Å². The number of carbonyl (C=O) groups is 1. The van der Waals surface area contributed by atoms with Crippen LogP contribution >= 0.6 is 11.6 Å². The lowest BCUT2D eigenvalue weighted by Gasteiger charge is -2.08. The van der Waals surface area contributed by atoms with Crippen molar-refractivity contribution in [3.63, 3.8) is 0 Å². The van der Waals surface area contributed by atoms with Crippen molar-refractivity contribution in [3.8, 4) is 17.7 Å². The van der Waals surface area contributed by atoms with Gasteiger partial charge in [0.2, 0.25) is 5.88 Å². The van der Waals surface area contributed by atoms with Gasteiger partial charge in [-0.25, -0.2) is 4.98 Å². The van der Waals surface area contributed by atoms with E-state index in [-0.39, 0.29) is 22.9 Å². The van der Waals surface area contributed by atoms with E-state index in [1.165, 1.54) is 12.3 Å². The maximum Gasteiger partial charge on any atom is 0.307 e. The number of nitriles is 1. The SMILES string of the molecule is N#Cc1ccnc(Oc2cccc(CC(=O)O)c2)c1Cl. The zero-order valence-electron chi connectivity index (χ0n) is 10.2. The first-order chi connectivity index (χ1) is 9.60. The second-order valence-corrected chi connectivity index (χ2v) is 4.29. The Morgan fingerprint density at radius 1 is 1.45 bits per heavy atom. The lowest BCUT2D eigenvalue weighted by atomic mass is 10.1. The predicted octanol–water partition coefficient (Wildman–Crippen LogP) is 3.03. The van der Waals surface area contributed by atoms with Gasteiger partial charge in [0.1, 0.15) is 16.8 Å². The Bertz CT molecular complexity index is 695. The Labute approximate surface area is 120 Å². The fourth-order valence-electron chi connectivity index (χ4n) is 1.59. The standard InChI is InChI=1S/C14H9ClN2O3/c15-13-10(8-16)4-5-17-14(13)20-11-3-1-2-9(6-11)7-12(18)19/h1-6H,7H2,(H,18,19). The largest absolute Gasteiger partial charge is 0.481 e. The summed E-state index contributed by atoms with van der Waals surface area (Å²) >= 11 is 5.98. The summed E-state index contributed by atoms with van der Waals surface area (Å²) < 4.78 is 5.49. The van der Waals surface area contributed by atoms with Crippen LogP contribution in [-0.2, 0) is 11.2 Å². The van der Waals surface area contributed by atoms with E-state index < -0.39 is 5.97 Å². The van der Waals surface area contributed by atoms with Crippen LogP contribution in [0, 0.1) is 11.3 Å². The molecule has 2 rings (SSSR count). The molecule has 1 heterocycles. The van der Waals surface area contributed by atoms with E-state index in [4.69, 9.17) is 26.7 Å². The van der Waals surface area contributed by atoms with E-state index in [1.54, 1.807) is 24.3 Å². The highest BCUT2D eigenvalue weighted by atomic mass is 35.5. The maximum atomic E-state index is 10.7. The topological polar surface area (TPSA) is 83.2 Å². The number of hydrogen-bond donors (Lipinski definition) is 1. The number of carboxylic acid groups (broad SMARTS) is 1. The van der Waals surface area contributed by atoms with Crippen LogP contribution in [0.25, 0.3) is 0 Å². The molecule has 0 amide bonds. The number of benzene rings is 1. The van der Waals surface area contributed by atoms with Crippen molar-refractivity contribution in [3.05, 3.63) is 52.7 Å². The molecule has 0 aliphatic rings. The first-order valence-corrected chi connectivity index (χ1v) is 6.01. The molecule has 0 saturated heterocycles. The monoisotopic (exact) mass is 288 g/mol. The number of halogens is 1. The minimum absolute atomic E-state index is 0.101. The van der Waals surface area contributed by atoms with Crippen LogP contribution in [0.2, 0.25) is 5.02 Å². The second kappa shape index (κ2) is 6.04. The van der Waals surface area contributed by atoms with E-state index in [9.17, 15) is 4.79 Å². The first kappa shape index (κ1) is 13.8. The van der Waals surface area contributed by atoms with Crippen molar-refractivity contribution in [2.24, 2.45) is 0 Å². The average molecular weight is 289 g/mol. The van der Waals surface area contributed by atoms with Crippen LogP contribution < -0.4 is 4.74 Å². The third-order valence-corrected chi connectivity index (χ3v) is 2.81. The van der Waals surface area contributed by atoms with Gasteiger partial charge in [-0.15, -0.1) is 0 Å². The quantitative estimate of drug-likeness (QED) is 0.935. The van der Waals surface area contributed by atoms with Crippen molar-refractivity contribution in [1.29, 1.82) is 5.26 Å². The molecule has 0 unspecified atom stereocenters. The predicted molar refractivity (Wildman–Crippen MR) is 71.8 cm³/mol. The number of aromatic nitrogens is 1. The van der Waals surface area contributed by atoms with Crippen molar-refractivity contribution in [2.75, 3.05) is 0 Å². The van der Waals surface area contributed by atoms with Crippen LogP contribution in [0.4, 0.5) is 0 Å². The van der Waals surface area contributed by atoms with Crippen LogP contribution in [0.5, 0.6) is 11.6 Å². The molecule has 6 heteroatoms. The molecule has 100 valence electrons. The Balaban J connectivity index is 2.27. The van der Waals surface area contributed by atoms with E-state index in [2.05, 4.69) is 4.98 Å². The van der Waals surface area contributed by atoms with Gasteiger partial charge < -0.3 is 9.84 Å². The zero-order valence-corrected chi connectivity index (χ0v) is 11.0. The zero-order chi connectivity index (χ0) is 14.5. The number of pyridine rings is 1. The van der Waals surface area contributed by atoms with Gasteiger partial charge in [0.05, 0.1) is 12.0 Å². The van der Waals surface area contributed by atoms with Gasteiger partial charge in [-0.3, -0.25) is 4.79 Å². The van der Waals surface area contributed by atoms with Crippen LogP contribution in [0.3, 0.4) is 0 Å². The highest BCUT2D eigenvalue weighted by Crippen LogP contribution is 2.29. The lowest BCUT2D eigenvalue weighted by molar-refractivity contribution is -0.136. The molecule has 0 spiro atoms. The fraction of sp³-hybridized carbons (Fsp3) is 0.0714. The number of aliphatic carboxylic acids is 1. The normalized spacial score (nSPS) is 9.80. The second-order valence-electron chi connectivity index (χ2n) is 3.91. The number of carboxylic acids is 1. The fourth-order valence-corrected chi connectivity index (χ4v) is 1.78. The molecule has 1 aromatic carbocycles. The molecular weight excluding hydrogens is 280 g/mol. The molecule has 0 atom stereocenters. The molecule has 20 heavy (non-hydrogen) atoms. The summed E-state index contributed by atoms with van der Waals surface area (Å²) in [4.78, 5) is 14.6. The number of hydrogen-bond acceptors (Lipinski definition) is 4. The molecule has 0 aliphatic carbocycles. The third kappa shape index (κ3) is 3.25. The van der Waals surface area contributed by atoms with Crippen molar-refractivity contribution in [1.82, 2.24) is 4.98 Å². The van der Waals surface area contributed by atoms with Gasteiger partial charge in [-0.1, -0.05) is 23.7 Å². The lowest BCUT2D eigenvalue weighted by Crippen LogP contribution is -2.00. The highest BCUT2D eigenvalue weighted by Gasteiger charge is 2.10. The molecule has 2 aromatic rings. The van der Waals surface area contributed by atoms with E-state index in [1.807, 2.05) is 6.07 Å². The van der Waals surface area contributed by atoms with Gasteiger partial charge in [0.25, 0.3) is 0 Å². The third-order valence-electron chi connectivity index (χ3n) is 2.45.